The summed E-state index contributed by atoms with van der Waals surface area (Å²) in [5.74, 6) is -0.482. The van der Waals surface area contributed by atoms with Gasteiger partial charge in [-0.1, -0.05) is 34.1 Å². The van der Waals surface area contributed by atoms with Gasteiger partial charge >= 0.3 is 6.18 Å². The SMILES string of the molecule is Cc1nn(-c2ccccc2)c(C)c1CCC(=O)Nc1ccc(Br)cc1C(F)(F)F. The van der Waals surface area contributed by atoms with Gasteiger partial charge in [0, 0.05) is 16.6 Å². The van der Waals surface area contributed by atoms with Gasteiger partial charge in [0.25, 0.3) is 0 Å². The molecule has 0 saturated heterocycles. The lowest BCUT2D eigenvalue weighted by Crippen LogP contribution is -2.17. The molecule has 1 amide bonds. The average Bonchev–Trinajstić information content (AvgIpc) is 2.95. The fourth-order valence-electron chi connectivity index (χ4n) is 3.17. The highest BCUT2D eigenvalue weighted by atomic mass is 79.9. The smallest absolute Gasteiger partial charge is 0.325 e. The van der Waals surface area contributed by atoms with Crippen LogP contribution in [-0.4, -0.2) is 15.7 Å². The molecule has 3 rings (SSSR count). The third-order valence-corrected chi connectivity index (χ3v) is 5.10. The quantitative estimate of drug-likeness (QED) is 0.514. The number of benzene rings is 2. The number of hydrogen-bond acceptors (Lipinski definition) is 2. The number of hydrogen-bond donors (Lipinski definition) is 1. The van der Waals surface area contributed by atoms with E-state index < -0.39 is 17.6 Å². The molecule has 0 spiro atoms. The molecule has 4 nitrogen and oxygen atoms in total. The van der Waals surface area contributed by atoms with Crippen LogP contribution in [-0.2, 0) is 17.4 Å². The van der Waals surface area contributed by atoms with Crippen LogP contribution in [0.5, 0.6) is 0 Å². The van der Waals surface area contributed by atoms with E-state index in [1.807, 2.05) is 44.2 Å². The lowest BCUT2D eigenvalue weighted by atomic mass is 10.1. The first-order valence-corrected chi connectivity index (χ1v) is 9.73. The van der Waals surface area contributed by atoms with Gasteiger partial charge < -0.3 is 5.32 Å². The Morgan fingerprint density at radius 3 is 2.48 bits per heavy atom. The lowest BCUT2D eigenvalue weighted by molar-refractivity contribution is -0.137. The van der Waals surface area contributed by atoms with E-state index in [1.54, 1.807) is 4.68 Å². The maximum Gasteiger partial charge on any atom is 0.418 e. The summed E-state index contributed by atoms with van der Waals surface area (Å²) in [5.41, 5.74) is 2.38. The molecule has 8 heteroatoms. The number of alkyl halides is 3. The molecule has 0 fully saturated rings. The summed E-state index contributed by atoms with van der Waals surface area (Å²) in [6, 6.07) is 13.3. The maximum absolute atomic E-state index is 13.2. The number of nitrogens with one attached hydrogen (secondary N) is 1. The fourth-order valence-corrected chi connectivity index (χ4v) is 3.53. The minimum Gasteiger partial charge on any atom is -0.325 e. The third kappa shape index (κ3) is 4.87. The van der Waals surface area contributed by atoms with E-state index >= 15 is 0 Å². The molecular formula is C21H19BrF3N3O. The second kappa shape index (κ2) is 8.41. The van der Waals surface area contributed by atoms with E-state index in [-0.39, 0.29) is 12.1 Å². The van der Waals surface area contributed by atoms with E-state index in [0.29, 0.717) is 10.9 Å². The number of aromatic nitrogens is 2. The van der Waals surface area contributed by atoms with Crippen LogP contribution in [0.2, 0.25) is 0 Å². The Morgan fingerprint density at radius 1 is 1.14 bits per heavy atom. The summed E-state index contributed by atoms with van der Waals surface area (Å²) in [4.78, 5) is 12.3. The van der Waals surface area contributed by atoms with Crippen molar-refractivity contribution in [1.29, 1.82) is 0 Å². The number of rotatable bonds is 5. The molecule has 1 heterocycles. The van der Waals surface area contributed by atoms with Gasteiger partial charge in [0.1, 0.15) is 0 Å². The monoisotopic (exact) mass is 465 g/mol. The summed E-state index contributed by atoms with van der Waals surface area (Å²) in [5, 5.41) is 6.91. The molecule has 0 aliphatic rings. The first-order chi connectivity index (χ1) is 13.7. The Labute approximate surface area is 174 Å². The van der Waals surface area contributed by atoms with Crippen LogP contribution in [0, 0.1) is 13.8 Å². The van der Waals surface area contributed by atoms with Crippen molar-refractivity contribution in [3.05, 3.63) is 75.5 Å². The maximum atomic E-state index is 13.2. The van der Waals surface area contributed by atoms with Crippen molar-refractivity contribution in [2.24, 2.45) is 0 Å². The Bertz CT molecular complexity index is 1030. The number of anilines is 1. The van der Waals surface area contributed by atoms with Gasteiger partial charge in [0.2, 0.25) is 5.91 Å². The average molecular weight is 466 g/mol. The molecular weight excluding hydrogens is 447 g/mol. The summed E-state index contributed by atoms with van der Waals surface area (Å²) < 4.78 is 41.7. The fraction of sp³-hybridized carbons (Fsp3) is 0.238. The van der Waals surface area contributed by atoms with Gasteiger partial charge in [-0.15, -0.1) is 0 Å². The second-order valence-electron chi connectivity index (χ2n) is 6.63. The van der Waals surface area contributed by atoms with Crippen LogP contribution in [0.4, 0.5) is 18.9 Å². The van der Waals surface area contributed by atoms with Crippen LogP contribution in [0.15, 0.2) is 53.0 Å². The van der Waals surface area contributed by atoms with Crippen LogP contribution in [0.25, 0.3) is 5.69 Å². The summed E-state index contributed by atoms with van der Waals surface area (Å²) >= 11 is 3.03. The van der Waals surface area contributed by atoms with E-state index in [2.05, 4.69) is 26.3 Å². The van der Waals surface area contributed by atoms with Crippen LogP contribution >= 0.6 is 15.9 Å². The van der Waals surface area contributed by atoms with Crippen molar-refractivity contribution in [3.63, 3.8) is 0 Å². The highest BCUT2D eigenvalue weighted by Crippen LogP contribution is 2.36. The molecule has 0 radical (unpaired) electrons. The van der Waals surface area contributed by atoms with Crippen molar-refractivity contribution < 1.29 is 18.0 Å². The molecule has 2 aromatic carbocycles. The third-order valence-electron chi connectivity index (χ3n) is 4.61. The minimum atomic E-state index is -4.56. The van der Waals surface area contributed by atoms with E-state index in [0.717, 1.165) is 28.7 Å². The zero-order valence-corrected chi connectivity index (χ0v) is 17.4. The molecule has 0 unspecified atom stereocenters. The highest BCUT2D eigenvalue weighted by Gasteiger charge is 2.34. The minimum absolute atomic E-state index is 0.0511. The van der Waals surface area contributed by atoms with Crippen molar-refractivity contribution in [3.8, 4) is 5.69 Å². The second-order valence-corrected chi connectivity index (χ2v) is 7.55. The van der Waals surface area contributed by atoms with Crippen molar-refractivity contribution in [1.82, 2.24) is 9.78 Å². The largest absolute Gasteiger partial charge is 0.418 e. The molecule has 1 N–H and O–H groups in total. The zero-order chi connectivity index (χ0) is 21.2. The predicted molar refractivity (Wildman–Crippen MR) is 109 cm³/mol. The summed E-state index contributed by atoms with van der Waals surface area (Å²) in [6.45, 7) is 3.77. The molecule has 0 saturated carbocycles. The standard InChI is InChI=1S/C21H19BrF3N3O/c1-13-17(14(2)28(27-13)16-6-4-3-5-7-16)9-11-20(29)26-19-10-8-15(22)12-18(19)21(23,24)25/h3-8,10,12H,9,11H2,1-2H3,(H,26,29). The first kappa shape index (κ1) is 21.1. The zero-order valence-electron chi connectivity index (χ0n) is 15.8. The molecule has 3 aromatic rings. The van der Waals surface area contributed by atoms with Gasteiger partial charge in [0.15, 0.2) is 0 Å². The van der Waals surface area contributed by atoms with Crippen LogP contribution < -0.4 is 5.32 Å². The molecule has 0 aliphatic heterocycles. The normalized spacial score (nSPS) is 11.5. The first-order valence-electron chi connectivity index (χ1n) is 8.94. The molecule has 0 bridgehead atoms. The number of aryl methyl sites for hydroxylation is 1. The topological polar surface area (TPSA) is 46.9 Å². The van der Waals surface area contributed by atoms with Gasteiger partial charge in [-0.05, 0) is 56.2 Å². The Hall–Kier alpha value is -2.61. The predicted octanol–water partition coefficient (Wildman–Crippen LogP) is 5.84. The van der Waals surface area contributed by atoms with Gasteiger partial charge in [-0.25, -0.2) is 4.68 Å². The number of amides is 1. The van der Waals surface area contributed by atoms with E-state index in [9.17, 15) is 18.0 Å². The Morgan fingerprint density at radius 2 is 1.83 bits per heavy atom. The molecule has 29 heavy (non-hydrogen) atoms. The summed E-state index contributed by atoms with van der Waals surface area (Å²) in [7, 11) is 0. The Balaban J connectivity index is 1.74. The number of nitrogens with zero attached hydrogens (tertiary/aromatic N) is 2. The van der Waals surface area contributed by atoms with Crippen molar-refractivity contribution >= 4 is 27.5 Å². The van der Waals surface area contributed by atoms with Crippen LogP contribution in [0.1, 0.15) is 28.9 Å². The molecule has 0 atom stereocenters. The van der Waals surface area contributed by atoms with Crippen molar-refractivity contribution in [2.45, 2.75) is 32.9 Å². The van der Waals surface area contributed by atoms with Crippen LogP contribution in [0.3, 0.4) is 0 Å². The molecule has 152 valence electrons. The van der Waals surface area contributed by atoms with Gasteiger partial charge in [-0.2, -0.15) is 18.3 Å². The lowest BCUT2D eigenvalue weighted by Gasteiger charge is -2.14. The molecule has 1 aromatic heterocycles. The summed E-state index contributed by atoms with van der Waals surface area (Å²) in [6.07, 6.45) is -4.12. The Kier molecular flexibility index (Phi) is 6.12. The number of carbonyl (C=O) groups is 1. The van der Waals surface area contributed by atoms with Crippen molar-refractivity contribution in [2.75, 3.05) is 5.32 Å². The van der Waals surface area contributed by atoms with E-state index in [1.165, 1.54) is 12.1 Å². The molecule has 0 aliphatic carbocycles. The van der Waals surface area contributed by atoms with Gasteiger partial charge in [0.05, 0.1) is 22.6 Å². The number of carbonyl (C=O) groups excluding carboxylic acids is 1. The van der Waals surface area contributed by atoms with Gasteiger partial charge in [-0.3, -0.25) is 4.79 Å². The number of para-hydroxylation sites is 1. The van der Waals surface area contributed by atoms with E-state index in [4.69, 9.17) is 0 Å². The number of halogens is 4. The highest BCUT2D eigenvalue weighted by molar-refractivity contribution is 9.10.